The predicted molar refractivity (Wildman–Crippen MR) is 48.7 cm³/mol. The molecule has 1 N–H and O–H groups in total. The minimum Gasteiger partial charge on any atom is -0.299 e. The first-order valence-corrected chi connectivity index (χ1v) is 4.49. The first-order valence-electron chi connectivity index (χ1n) is 4.49. The Hall–Kier alpha value is -0.810. The summed E-state index contributed by atoms with van der Waals surface area (Å²) in [6.07, 6.45) is 9.55. The molecule has 0 unspecified atom stereocenters. The van der Waals surface area contributed by atoms with Gasteiger partial charge in [-0.25, -0.2) is 0 Å². The monoisotopic (exact) mass is 165 g/mol. The molecule has 0 radical (unpaired) electrons. The van der Waals surface area contributed by atoms with E-state index in [1.807, 2.05) is 0 Å². The Morgan fingerprint density at radius 2 is 2.33 bits per heavy atom. The van der Waals surface area contributed by atoms with Crippen LogP contribution in [0.3, 0.4) is 0 Å². The highest BCUT2D eigenvalue weighted by molar-refractivity contribution is 5.80. The number of hydrogen-bond donors (Lipinski definition) is 1. The van der Waals surface area contributed by atoms with Gasteiger partial charge in [-0.3, -0.25) is 10.1 Å². The molecule has 0 aromatic heterocycles. The number of carbonyl (C=O) groups excluding carboxylic acids is 1. The van der Waals surface area contributed by atoms with E-state index < -0.39 is 0 Å². The standard InChI is InChI=1S/C10H15NO/c1-2-6-11-8-10(12)7-9-4-3-5-9/h1,9,11H,3-8H2. The van der Waals surface area contributed by atoms with Gasteiger partial charge in [0.25, 0.3) is 0 Å². The number of carbonyl (C=O) groups is 1. The van der Waals surface area contributed by atoms with E-state index >= 15 is 0 Å². The van der Waals surface area contributed by atoms with Crippen molar-refractivity contribution in [2.75, 3.05) is 13.1 Å². The SMILES string of the molecule is C#CCNCC(=O)CC1CCC1. The maximum absolute atomic E-state index is 11.2. The zero-order chi connectivity index (χ0) is 8.81. The van der Waals surface area contributed by atoms with Crippen molar-refractivity contribution in [1.29, 1.82) is 0 Å². The second-order valence-corrected chi connectivity index (χ2v) is 3.35. The highest BCUT2D eigenvalue weighted by atomic mass is 16.1. The van der Waals surface area contributed by atoms with Crippen LogP contribution in [0, 0.1) is 18.3 Å². The number of rotatable bonds is 5. The lowest BCUT2D eigenvalue weighted by Crippen LogP contribution is -2.26. The lowest BCUT2D eigenvalue weighted by atomic mass is 9.82. The summed E-state index contributed by atoms with van der Waals surface area (Å²) in [6.45, 7) is 0.942. The van der Waals surface area contributed by atoms with Crippen LogP contribution >= 0.6 is 0 Å². The third-order valence-corrected chi connectivity index (χ3v) is 2.29. The molecule has 0 spiro atoms. The van der Waals surface area contributed by atoms with Gasteiger partial charge in [0.15, 0.2) is 0 Å². The van der Waals surface area contributed by atoms with Gasteiger partial charge >= 0.3 is 0 Å². The van der Waals surface area contributed by atoms with Crippen molar-refractivity contribution in [2.45, 2.75) is 25.7 Å². The van der Waals surface area contributed by atoms with Gasteiger partial charge in [0, 0.05) is 6.42 Å². The van der Waals surface area contributed by atoms with E-state index in [-0.39, 0.29) is 0 Å². The first-order chi connectivity index (χ1) is 5.83. The van der Waals surface area contributed by atoms with Crippen molar-refractivity contribution in [2.24, 2.45) is 5.92 Å². The topological polar surface area (TPSA) is 29.1 Å². The van der Waals surface area contributed by atoms with Gasteiger partial charge in [-0.15, -0.1) is 6.42 Å². The van der Waals surface area contributed by atoms with Crippen LogP contribution in [0.25, 0.3) is 0 Å². The van der Waals surface area contributed by atoms with Gasteiger partial charge < -0.3 is 0 Å². The summed E-state index contributed by atoms with van der Waals surface area (Å²) in [5.74, 6) is 3.41. The molecule has 1 aliphatic carbocycles. The maximum atomic E-state index is 11.2. The zero-order valence-electron chi connectivity index (χ0n) is 7.31. The average molecular weight is 165 g/mol. The molecule has 1 aliphatic rings. The summed E-state index contributed by atoms with van der Waals surface area (Å²) in [4.78, 5) is 11.2. The molecule has 0 amide bonds. The molecule has 0 atom stereocenters. The second kappa shape index (κ2) is 4.95. The fourth-order valence-electron chi connectivity index (χ4n) is 1.37. The Labute approximate surface area is 73.7 Å². The number of hydrogen-bond acceptors (Lipinski definition) is 2. The van der Waals surface area contributed by atoms with Crippen molar-refractivity contribution in [3.05, 3.63) is 0 Å². The summed E-state index contributed by atoms with van der Waals surface area (Å²) in [6, 6.07) is 0. The van der Waals surface area contributed by atoms with Crippen LogP contribution < -0.4 is 5.32 Å². The van der Waals surface area contributed by atoms with Gasteiger partial charge in [0.2, 0.25) is 0 Å². The first kappa shape index (κ1) is 9.28. The van der Waals surface area contributed by atoms with Gasteiger partial charge in [-0.1, -0.05) is 25.2 Å². The van der Waals surface area contributed by atoms with Crippen LogP contribution in [0.15, 0.2) is 0 Å². The molecule has 66 valence electrons. The van der Waals surface area contributed by atoms with E-state index in [4.69, 9.17) is 6.42 Å². The van der Waals surface area contributed by atoms with Crippen molar-refractivity contribution in [3.63, 3.8) is 0 Å². The zero-order valence-corrected chi connectivity index (χ0v) is 7.31. The molecule has 2 heteroatoms. The lowest BCUT2D eigenvalue weighted by Gasteiger charge is -2.24. The Morgan fingerprint density at radius 3 is 2.83 bits per heavy atom. The molecule has 0 heterocycles. The predicted octanol–water partition coefficient (Wildman–Crippen LogP) is 0.968. The average Bonchev–Trinajstić information content (AvgIpc) is 1.98. The summed E-state index contributed by atoms with van der Waals surface area (Å²) in [5, 5.41) is 2.90. The van der Waals surface area contributed by atoms with E-state index in [1.165, 1.54) is 19.3 Å². The van der Waals surface area contributed by atoms with Crippen LogP contribution in [0.5, 0.6) is 0 Å². The minimum atomic E-state index is 0.301. The van der Waals surface area contributed by atoms with Crippen LogP contribution in [0.2, 0.25) is 0 Å². The maximum Gasteiger partial charge on any atom is 0.146 e. The molecule has 1 fully saturated rings. The van der Waals surface area contributed by atoms with E-state index in [0.717, 1.165) is 6.42 Å². The molecular weight excluding hydrogens is 150 g/mol. The highest BCUT2D eigenvalue weighted by Gasteiger charge is 2.19. The largest absolute Gasteiger partial charge is 0.299 e. The van der Waals surface area contributed by atoms with Gasteiger partial charge in [-0.2, -0.15) is 0 Å². The summed E-state index contributed by atoms with van der Waals surface area (Å²) >= 11 is 0. The lowest BCUT2D eigenvalue weighted by molar-refractivity contribution is -0.119. The third-order valence-electron chi connectivity index (χ3n) is 2.29. The van der Waals surface area contributed by atoms with Crippen LogP contribution in [0.1, 0.15) is 25.7 Å². The number of terminal acetylenes is 1. The summed E-state index contributed by atoms with van der Waals surface area (Å²) < 4.78 is 0. The summed E-state index contributed by atoms with van der Waals surface area (Å²) in [5.41, 5.74) is 0. The van der Waals surface area contributed by atoms with E-state index in [9.17, 15) is 4.79 Å². The molecule has 2 nitrogen and oxygen atoms in total. The van der Waals surface area contributed by atoms with Crippen molar-refractivity contribution in [1.82, 2.24) is 5.32 Å². The quantitative estimate of drug-likeness (QED) is 0.486. The fraction of sp³-hybridized carbons (Fsp3) is 0.700. The molecule has 0 bridgehead atoms. The van der Waals surface area contributed by atoms with Gasteiger partial charge in [0.05, 0.1) is 13.1 Å². The molecule has 1 rings (SSSR count). The smallest absolute Gasteiger partial charge is 0.146 e. The van der Waals surface area contributed by atoms with Gasteiger partial charge in [0.1, 0.15) is 5.78 Å². The van der Waals surface area contributed by atoms with Crippen molar-refractivity contribution >= 4 is 5.78 Å². The molecule has 1 saturated carbocycles. The molecule has 0 aliphatic heterocycles. The van der Waals surface area contributed by atoms with Crippen LogP contribution in [-0.2, 0) is 4.79 Å². The highest BCUT2D eigenvalue weighted by Crippen LogP contribution is 2.29. The Morgan fingerprint density at radius 1 is 1.58 bits per heavy atom. The number of nitrogens with one attached hydrogen (secondary N) is 1. The molecular formula is C10H15NO. The summed E-state index contributed by atoms with van der Waals surface area (Å²) in [7, 11) is 0. The Balaban J connectivity index is 2.00. The van der Waals surface area contributed by atoms with Crippen molar-refractivity contribution in [3.8, 4) is 12.3 Å². The number of ketones is 1. The minimum absolute atomic E-state index is 0.301. The molecule has 0 saturated heterocycles. The van der Waals surface area contributed by atoms with Crippen LogP contribution in [0.4, 0.5) is 0 Å². The Kier molecular flexibility index (Phi) is 3.83. The second-order valence-electron chi connectivity index (χ2n) is 3.35. The van der Waals surface area contributed by atoms with Crippen molar-refractivity contribution < 1.29 is 4.79 Å². The fourth-order valence-corrected chi connectivity index (χ4v) is 1.37. The third kappa shape index (κ3) is 3.06. The van der Waals surface area contributed by atoms with E-state index in [1.54, 1.807) is 0 Å². The van der Waals surface area contributed by atoms with E-state index in [0.29, 0.717) is 24.8 Å². The molecule has 12 heavy (non-hydrogen) atoms. The van der Waals surface area contributed by atoms with Gasteiger partial charge in [-0.05, 0) is 5.92 Å². The number of Topliss-reactive ketones (excluding diaryl/α,β-unsaturated/α-hetero) is 1. The normalized spacial score (nSPS) is 16.6. The van der Waals surface area contributed by atoms with E-state index in [2.05, 4.69) is 11.2 Å². The Bertz CT molecular complexity index is 189. The van der Waals surface area contributed by atoms with Crippen LogP contribution in [-0.4, -0.2) is 18.9 Å². The molecule has 0 aromatic rings. The molecule has 0 aromatic carbocycles.